The van der Waals surface area contributed by atoms with E-state index >= 15 is 0 Å². The van der Waals surface area contributed by atoms with Gasteiger partial charge in [0.25, 0.3) is 0 Å². The Labute approximate surface area is 174 Å². The molecule has 3 heteroatoms. The number of likely N-dealkylation sites (N-methyl/N-ethyl adjacent to an activating group) is 1. The Morgan fingerprint density at radius 2 is 1.86 bits per heavy atom. The van der Waals surface area contributed by atoms with Crippen LogP contribution in [0, 0.1) is 28.6 Å². The van der Waals surface area contributed by atoms with Gasteiger partial charge in [0.15, 0.2) is 0 Å². The van der Waals surface area contributed by atoms with Crippen molar-refractivity contribution in [2.75, 3.05) is 7.05 Å². The Morgan fingerprint density at radius 1 is 1.10 bits per heavy atom. The molecule has 3 aliphatic carbocycles. The van der Waals surface area contributed by atoms with Crippen LogP contribution in [0.25, 0.3) is 6.08 Å². The number of carbonyl (C=O) groups is 1. The molecule has 3 saturated carbocycles. The van der Waals surface area contributed by atoms with Gasteiger partial charge in [0.2, 0.25) is 5.91 Å². The first-order valence-electron chi connectivity index (χ1n) is 11.2. The van der Waals surface area contributed by atoms with E-state index in [-0.39, 0.29) is 22.8 Å². The summed E-state index contributed by atoms with van der Waals surface area (Å²) >= 11 is 0. The van der Waals surface area contributed by atoms with E-state index in [1.54, 1.807) is 6.08 Å². The van der Waals surface area contributed by atoms with Crippen LogP contribution in [0.2, 0.25) is 0 Å². The monoisotopic (exact) mass is 391 g/mol. The third kappa shape index (κ3) is 2.70. The minimum Gasteiger partial charge on any atom is -0.388 e. The first-order valence-corrected chi connectivity index (χ1v) is 11.2. The minimum absolute atomic E-state index is 0.0227. The fourth-order valence-electron chi connectivity index (χ4n) is 7.50. The highest BCUT2D eigenvalue weighted by Gasteiger charge is 2.61. The lowest BCUT2D eigenvalue weighted by atomic mass is 9.48. The predicted molar refractivity (Wildman–Crippen MR) is 116 cm³/mol. The molecule has 1 aromatic rings. The molecule has 7 atom stereocenters. The Hall–Kier alpha value is -1.87. The van der Waals surface area contributed by atoms with Crippen molar-refractivity contribution in [1.29, 1.82) is 0 Å². The van der Waals surface area contributed by atoms with E-state index in [2.05, 4.69) is 50.3 Å². The molecular weight excluding hydrogens is 358 g/mol. The van der Waals surface area contributed by atoms with Gasteiger partial charge in [0.1, 0.15) is 0 Å². The molecule has 3 fully saturated rings. The number of aliphatic hydroxyl groups excluding tert-OH is 1. The minimum atomic E-state index is -0.342. The fraction of sp³-hybridized carbons (Fsp3) is 0.577. The van der Waals surface area contributed by atoms with Crippen molar-refractivity contribution in [1.82, 2.24) is 4.90 Å². The summed E-state index contributed by atoms with van der Waals surface area (Å²) in [6.07, 6.45) is 11.4. The highest BCUT2D eigenvalue weighted by atomic mass is 16.3. The van der Waals surface area contributed by atoms with Crippen LogP contribution in [0.1, 0.15) is 51.5 Å². The van der Waals surface area contributed by atoms with Gasteiger partial charge in [-0.3, -0.25) is 4.79 Å². The third-order valence-electron chi connectivity index (χ3n) is 9.15. The highest BCUT2D eigenvalue weighted by molar-refractivity contribution is 5.89. The van der Waals surface area contributed by atoms with Crippen molar-refractivity contribution >= 4 is 12.0 Å². The number of rotatable bonds is 1. The van der Waals surface area contributed by atoms with Gasteiger partial charge in [-0.25, -0.2) is 0 Å². The molecule has 154 valence electrons. The van der Waals surface area contributed by atoms with Crippen molar-refractivity contribution in [3.8, 4) is 0 Å². The van der Waals surface area contributed by atoms with Crippen molar-refractivity contribution in [2.24, 2.45) is 28.6 Å². The van der Waals surface area contributed by atoms with Crippen LogP contribution in [0.4, 0.5) is 0 Å². The predicted octanol–water partition coefficient (Wildman–Crippen LogP) is 4.68. The van der Waals surface area contributed by atoms with Crippen molar-refractivity contribution in [3.63, 3.8) is 0 Å². The average Bonchev–Trinajstić information content (AvgIpc) is 2.97. The van der Waals surface area contributed by atoms with Crippen LogP contribution in [0.3, 0.4) is 0 Å². The highest BCUT2D eigenvalue weighted by Crippen LogP contribution is 2.64. The summed E-state index contributed by atoms with van der Waals surface area (Å²) in [4.78, 5) is 14.2. The molecule has 1 amide bonds. The van der Waals surface area contributed by atoms with Crippen LogP contribution in [-0.4, -0.2) is 35.1 Å². The first-order chi connectivity index (χ1) is 13.8. The largest absolute Gasteiger partial charge is 0.388 e. The van der Waals surface area contributed by atoms with Gasteiger partial charge in [-0.15, -0.1) is 0 Å². The van der Waals surface area contributed by atoms with E-state index in [1.807, 2.05) is 18.0 Å². The maximum atomic E-state index is 12.2. The number of carbonyl (C=O) groups excluding carboxylic acids is 1. The lowest BCUT2D eigenvalue weighted by Gasteiger charge is -2.59. The zero-order valence-electron chi connectivity index (χ0n) is 17.8. The van der Waals surface area contributed by atoms with Crippen molar-refractivity contribution in [2.45, 2.75) is 58.1 Å². The second-order valence-electron chi connectivity index (χ2n) is 10.4. The Kier molecular flexibility index (Phi) is 4.33. The summed E-state index contributed by atoms with van der Waals surface area (Å²) in [6, 6.07) is 10.7. The smallest absolute Gasteiger partial charge is 0.246 e. The topological polar surface area (TPSA) is 40.5 Å². The van der Waals surface area contributed by atoms with E-state index in [0.717, 1.165) is 25.7 Å². The average molecular weight is 392 g/mol. The quantitative estimate of drug-likeness (QED) is 0.755. The molecule has 0 aromatic heterocycles. The molecule has 29 heavy (non-hydrogen) atoms. The Morgan fingerprint density at radius 3 is 2.62 bits per heavy atom. The van der Waals surface area contributed by atoms with Crippen molar-refractivity contribution in [3.05, 3.63) is 53.6 Å². The molecular formula is C26H33NO2. The lowest BCUT2D eigenvalue weighted by molar-refractivity contribution is -0.140. The first kappa shape index (κ1) is 19.1. The van der Waals surface area contributed by atoms with E-state index in [9.17, 15) is 9.90 Å². The van der Waals surface area contributed by atoms with Crippen LogP contribution in [0.5, 0.6) is 0 Å². The molecule has 3 nitrogen and oxygen atoms in total. The van der Waals surface area contributed by atoms with Gasteiger partial charge < -0.3 is 10.0 Å². The third-order valence-corrected chi connectivity index (χ3v) is 9.15. The normalized spacial score (nSPS) is 45.1. The van der Waals surface area contributed by atoms with Crippen molar-refractivity contribution < 1.29 is 9.90 Å². The summed E-state index contributed by atoms with van der Waals surface area (Å²) in [5.41, 5.74) is 2.43. The molecule has 1 heterocycles. The van der Waals surface area contributed by atoms with Crippen LogP contribution in [0.15, 0.2) is 48.1 Å². The molecule has 0 spiro atoms. The zero-order chi connectivity index (χ0) is 20.4. The maximum absolute atomic E-state index is 12.2. The lowest BCUT2D eigenvalue weighted by Crippen LogP contribution is -2.59. The second kappa shape index (κ2) is 6.57. The van der Waals surface area contributed by atoms with Gasteiger partial charge in [0.05, 0.1) is 6.10 Å². The molecule has 1 aliphatic heterocycles. The van der Waals surface area contributed by atoms with Crippen LogP contribution >= 0.6 is 0 Å². The number of benzene rings is 1. The number of aliphatic hydroxyl groups is 1. The molecule has 0 bridgehead atoms. The number of hydrogen-bond donors (Lipinski definition) is 1. The molecule has 0 radical (unpaired) electrons. The molecule has 0 saturated heterocycles. The number of nitrogens with zero attached hydrogens (tertiary/aromatic N) is 1. The standard InChI is InChI=1S/C26H33NO2/c1-25-14-12-23(28)27(3)22(25)10-9-19-20(25)11-13-26(2)21(19)16-18(24(26)29)15-17-7-5-4-6-8-17/h4-8,12,14-15,19-22,24,29H,9-11,13,16H2,1-3H3/t19-,20-,21+,22?,24?,25-,26+/m1/s1. The molecule has 1 aromatic carbocycles. The van der Waals surface area contributed by atoms with Crippen LogP contribution < -0.4 is 0 Å². The summed E-state index contributed by atoms with van der Waals surface area (Å²) in [7, 11) is 1.97. The second-order valence-corrected chi connectivity index (χ2v) is 10.4. The summed E-state index contributed by atoms with van der Waals surface area (Å²) in [5, 5.41) is 11.3. The summed E-state index contributed by atoms with van der Waals surface area (Å²) in [6.45, 7) is 4.70. The Bertz CT molecular complexity index is 874. The van der Waals surface area contributed by atoms with Gasteiger partial charge in [-0.2, -0.15) is 0 Å². The molecule has 2 unspecified atom stereocenters. The number of amides is 1. The van der Waals surface area contributed by atoms with E-state index in [1.165, 1.54) is 17.6 Å². The maximum Gasteiger partial charge on any atom is 0.246 e. The molecule has 4 aliphatic rings. The van der Waals surface area contributed by atoms with E-state index < -0.39 is 0 Å². The fourth-order valence-corrected chi connectivity index (χ4v) is 7.50. The van der Waals surface area contributed by atoms with E-state index in [0.29, 0.717) is 23.8 Å². The van der Waals surface area contributed by atoms with Gasteiger partial charge in [0, 0.05) is 23.9 Å². The van der Waals surface area contributed by atoms with Gasteiger partial charge in [-0.1, -0.05) is 56.3 Å². The van der Waals surface area contributed by atoms with Gasteiger partial charge >= 0.3 is 0 Å². The van der Waals surface area contributed by atoms with E-state index in [4.69, 9.17) is 0 Å². The Balaban J connectivity index is 1.48. The molecule has 5 rings (SSSR count). The molecule has 1 N–H and O–H groups in total. The number of fused-ring (bicyclic) bond motifs is 5. The summed E-state index contributed by atoms with van der Waals surface area (Å²) < 4.78 is 0. The van der Waals surface area contributed by atoms with Gasteiger partial charge in [-0.05, 0) is 67.1 Å². The zero-order valence-corrected chi connectivity index (χ0v) is 17.8. The SMILES string of the molecule is CN1C(=O)C=C[C@@]2(C)C1CC[C@@H]1[C@H]2CC[C@]2(C)C(O)C(=Cc3ccccc3)C[C@@H]12. The summed E-state index contributed by atoms with van der Waals surface area (Å²) in [5.74, 6) is 1.89. The number of hydrogen-bond acceptors (Lipinski definition) is 2. The van der Waals surface area contributed by atoms with Crippen LogP contribution in [-0.2, 0) is 4.79 Å².